The number of benzene rings is 2. The molecule has 0 unspecified atom stereocenters. The minimum Gasteiger partial charge on any atom is -0.334 e. The first-order valence-corrected chi connectivity index (χ1v) is 6.37. The van der Waals surface area contributed by atoms with Crippen molar-refractivity contribution in [2.24, 2.45) is 0 Å². The maximum atomic E-state index is 12.8. The molecule has 0 spiro atoms. The van der Waals surface area contributed by atoms with Gasteiger partial charge in [0.2, 0.25) is 5.82 Å². The number of hydrogen-bond acceptors (Lipinski definition) is 3. The molecule has 0 radical (unpaired) electrons. The van der Waals surface area contributed by atoms with Gasteiger partial charge in [0.15, 0.2) is 0 Å². The first-order chi connectivity index (χ1) is 9.22. The minimum absolute atomic E-state index is 0.295. The van der Waals surface area contributed by atoms with Gasteiger partial charge in [0.25, 0.3) is 5.89 Å². The van der Waals surface area contributed by atoms with E-state index in [1.807, 2.05) is 24.3 Å². The molecule has 3 nitrogen and oxygen atoms in total. The summed E-state index contributed by atoms with van der Waals surface area (Å²) in [5.74, 6) is 0.584. The van der Waals surface area contributed by atoms with Crippen molar-refractivity contribution in [1.29, 1.82) is 0 Å². The monoisotopic (exact) mass is 318 g/mol. The standard InChI is InChI=1S/C14H8BrFN2O/c15-11-5-1-9(2-6-11)13-17-14(19-18-13)10-3-7-12(16)8-4-10/h1-8H. The Morgan fingerprint density at radius 1 is 0.895 bits per heavy atom. The van der Waals surface area contributed by atoms with Crippen LogP contribution in [-0.2, 0) is 0 Å². The average Bonchev–Trinajstić information content (AvgIpc) is 2.90. The Morgan fingerprint density at radius 2 is 1.53 bits per heavy atom. The lowest BCUT2D eigenvalue weighted by Gasteiger charge is -1.94. The lowest BCUT2D eigenvalue weighted by atomic mass is 10.2. The first-order valence-electron chi connectivity index (χ1n) is 5.58. The van der Waals surface area contributed by atoms with E-state index in [4.69, 9.17) is 4.52 Å². The van der Waals surface area contributed by atoms with Crippen molar-refractivity contribution in [3.63, 3.8) is 0 Å². The summed E-state index contributed by atoms with van der Waals surface area (Å²) in [5, 5.41) is 3.92. The van der Waals surface area contributed by atoms with Crippen LogP contribution in [0.2, 0.25) is 0 Å². The number of halogens is 2. The van der Waals surface area contributed by atoms with Gasteiger partial charge in [-0.2, -0.15) is 4.98 Å². The molecule has 94 valence electrons. The van der Waals surface area contributed by atoms with Crippen molar-refractivity contribution in [1.82, 2.24) is 10.1 Å². The Labute approximate surface area is 117 Å². The molecule has 2 aromatic carbocycles. The molecule has 1 heterocycles. The van der Waals surface area contributed by atoms with Crippen LogP contribution in [0.25, 0.3) is 22.8 Å². The molecule has 0 atom stereocenters. The van der Waals surface area contributed by atoms with Crippen molar-refractivity contribution in [2.45, 2.75) is 0 Å². The van der Waals surface area contributed by atoms with Crippen LogP contribution in [0.1, 0.15) is 0 Å². The van der Waals surface area contributed by atoms with Gasteiger partial charge in [-0.25, -0.2) is 4.39 Å². The van der Waals surface area contributed by atoms with Crippen LogP contribution in [0.4, 0.5) is 4.39 Å². The van der Waals surface area contributed by atoms with Gasteiger partial charge < -0.3 is 4.52 Å². The Bertz CT molecular complexity index is 632. The molecule has 0 amide bonds. The van der Waals surface area contributed by atoms with E-state index < -0.39 is 0 Å². The molecular formula is C14H8BrFN2O. The molecule has 19 heavy (non-hydrogen) atoms. The van der Waals surface area contributed by atoms with E-state index in [0.29, 0.717) is 17.3 Å². The third-order valence-corrected chi connectivity index (χ3v) is 3.15. The highest BCUT2D eigenvalue weighted by Crippen LogP contribution is 2.23. The number of aromatic nitrogens is 2. The molecule has 0 bridgehead atoms. The van der Waals surface area contributed by atoms with Crippen LogP contribution in [-0.4, -0.2) is 10.1 Å². The number of rotatable bonds is 2. The largest absolute Gasteiger partial charge is 0.334 e. The predicted molar refractivity (Wildman–Crippen MR) is 72.8 cm³/mol. The van der Waals surface area contributed by atoms with Crippen molar-refractivity contribution in [3.05, 3.63) is 58.8 Å². The second kappa shape index (κ2) is 4.93. The molecular weight excluding hydrogens is 311 g/mol. The Balaban J connectivity index is 1.95. The number of nitrogens with zero attached hydrogens (tertiary/aromatic N) is 2. The van der Waals surface area contributed by atoms with E-state index in [9.17, 15) is 4.39 Å². The van der Waals surface area contributed by atoms with Crippen LogP contribution in [0.15, 0.2) is 57.5 Å². The third-order valence-electron chi connectivity index (χ3n) is 2.62. The van der Waals surface area contributed by atoms with Crippen LogP contribution in [0.3, 0.4) is 0 Å². The van der Waals surface area contributed by atoms with Crippen molar-refractivity contribution < 1.29 is 8.91 Å². The smallest absolute Gasteiger partial charge is 0.258 e. The normalized spacial score (nSPS) is 10.6. The highest BCUT2D eigenvalue weighted by Gasteiger charge is 2.10. The highest BCUT2D eigenvalue weighted by molar-refractivity contribution is 9.10. The van der Waals surface area contributed by atoms with Crippen LogP contribution >= 0.6 is 15.9 Å². The molecule has 1 aromatic heterocycles. The summed E-state index contributed by atoms with van der Waals surface area (Å²) >= 11 is 3.37. The third kappa shape index (κ3) is 2.56. The molecule has 3 rings (SSSR count). The molecule has 3 aromatic rings. The Hall–Kier alpha value is -2.01. The zero-order valence-corrected chi connectivity index (χ0v) is 11.3. The summed E-state index contributed by atoms with van der Waals surface area (Å²) in [7, 11) is 0. The van der Waals surface area contributed by atoms with E-state index in [1.54, 1.807) is 12.1 Å². The molecule has 0 saturated heterocycles. The van der Waals surface area contributed by atoms with Crippen LogP contribution < -0.4 is 0 Å². The second-order valence-electron chi connectivity index (χ2n) is 3.94. The van der Waals surface area contributed by atoms with Gasteiger partial charge in [0.05, 0.1) is 0 Å². The molecule has 0 aliphatic heterocycles. The zero-order chi connectivity index (χ0) is 13.2. The first kappa shape index (κ1) is 12.0. The maximum absolute atomic E-state index is 12.8. The van der Waals surface area contributed by atoms with E-state index >= 15 is 0 Å². The van der Waals surface area contributed by atoms with Gasteiger partial charge in [-0.1, -0.05) is 21.1 Å². The topological polar surface area (TPSA) is 38.9 Å². The molecule has 0 aliphatic carbocycles. The molecule has 5 heteroatoms. The Kier molecular flexibility index (Phi) is 3.13. The minimum atomic E-state index is -0.295. The lowest BCUT2D eigenvalue weighted by molar-refractivity contribution is 0.432. The van der Waals surface area contributed by atoms with Gasteiger partial charge >= 0.3 is 0 Å². The molecule has 0 aliphatic rings. The van der Waals surface area contributed by atoms with Gasteiger partial charge in [-0.3, -0.25) is 0 Å². The summed E-state index contributed by atoms with van der Waals surface area (Å²) in [6, 6.07) is 13.5. The van der Waals surface area contributed by atoms with Gasteiger partial charge in [-0.05, 0) is 48.5 Å². The summed E-state index contributed by atoms with van der Waals surface area (Å²) < 4.78 is 19.0. The van der Waals surface area contributed by atoms with Crippen molar-refractivity contribution in [3.8, 4) is 22.8 Å². The van der Waals surface area contributed by atoms with Crippen molar-refractivity contribution >= 4 is 15.9 Å². The molecule has 0 fully saturated rings. The molecule has 0 saturated carbocycles. The molecule has 0 N–H and O–H groups in total. The van der Waals surface area contributed by atoms with Crippen molar-refractivity contribution in [2.75, 3.05) is 0 Å². The van der Waals surface area contributed by atoms with Gasteiger partial charge in [-0.15, -0.1) is 0 Å². The summed E-state index contributed by atoms with van der Waals surface area (Å²) in [6.07, 6.45) is 0. The SMILES string of the molecule is Fc1ccc(-c2nc(-c3ccc(Br)cc3)no2)cc1. The van der Waals surface area contributed by atoms with E-state index in [1.165, 1.54) is 12.1 Å². The summed E-state index contributed by atoms with van der Waals surface area (Å²) in [5.41, 5.74) is 1.55. The lowest BCUT2D eigenvalue weighted by Crippen LogP contribution is -1.81. The fourth-order valence-electron chi connectivity index (χ4n) is 1.65. The Morgan fingerprint density at radius 3 is 2.21 bits per heavy atom. The summed E-state index contributed by atoms with van der Waals surface area (Å²) in [4.78, 5) is 4.29. The zero-order valence-electron chi connectivity index (χ0n) is 9.68. The summed E-state index contributed by atoms with van der Waals surface area (Å²) in [6.45, 7) is 0. The fraction of sp³-hybridized carbons (Fsp3) is 0. The van der Waals surface area contributed by atoms with E-state index in [0.717, 1.165) is 10.0 Å². The maximum Gasteiger partial charge on any atom is 0.258 e. The van der Waals surface area contributed by atoms with Gasteiger partial charge in [0, 0.05) is 15.6 Å². The highest BCUT2D eigenvalue weighted by atomic mass is 79.9. The van der Waals surface area contributed by atoms with E-state index in [2.05, 4.69) is 26.1 Å². The quantitative estimate of drug-likeness (QED) is 0.707. The van der Waals surface area contributed by atoms with E-state index in [-0.39, 0.29) is 5.82 Å². The number of hydrogen-bond donors (Lipinski definition) is 0. The van der Waals surface area contributed by atoms with Gasteiger partial charge in [0.1, 0.15) is 5.82 Å². The van der Waals surface area contributed by atoms with Crippen LogP contribution in [0.5, 0.6) is 0 Å². The average molecular weight is 319 g/mol. The second-order valence-corrected chi connectivity index (χ2v) is 4.85. The fourth-order valence-corrected chi connectivity index (χ4v) is 1.91. The van der Waals surface area contributed by atoms with Crippen LogP contribution in [0, 0.1) is 5.82 Å². The predicted octanol–water partition coefficient (Wildman–Crippen LogP) is 4.31.